The van der Waals surface area contributed by atoms with E-state index in [-0.39, 0.29) is 0 Å². The molecule has 2 rings (SSSR count). The molecule has 0 aliphatic heterocycles. The minimum atomic E-state index is 0.589. The number of aromatic nitrogens is 1. The number of hydrogen-bond acceptors (Lipinski definition) is 4. The van der Waals surface area contributed by atoms with E-state index in [1.807, 2.05) is 6.07 Å². The summed E-state index contributed by atoms with van der Waals surface area (Å²) in [6, 6.07) is 3.57. The largest absolute Gasteiger partial charge is 0.361 e. The van der Waals surface area contributed by atoms with Crippen LogP contribution in [0.15, 0.2) is 12.1 Å². The molecule has 1 heterocycles. The van der Waals surface area contributed by atoms with Crippen LogP contribution >= 0.6 is 34.5 Å². The summed E-state index contributed by atoms with van der Waals surface area (Å²) < 4.78 is 0.993. The van der Waals surface area contributed by atoms with Crippen molar-refractivity contribution in [3.05, 3.63) is 22.2 Å². The Morgan fingerprint density at radius 3 is 2.94 bits per heavy atom. The summed E-state index contributed by atoms with van der Waals surface area (Å²) in [5.74, 6) is 0. The van der Waals surface area contributed by atoms with Gasteiger partial charge in [-0.15, -0.1) is 0 Å². The van der Waals surface area contributed by atoms with E-state index < -0.39 is 0 Å². The first-order valence-corrected chi connectivity index (χ1v) is 6.47. The highest BCUT2D eigenvalue weighted by Crippen LogP contribution is 2.33. The maximum absolute atomic E-state index is 6.05. The number of thiazole rings is 1. The minimum Gasteiger partial charge on any atom is -0.361 e. The molecule has 0 aliphatic carbocycles. The number of hydrogen-bond donors (Lipinski definition) is 2. The van der Waals surface area contributed by atoms with Gasteiger partial charge in [0.15, 0.2) is 5.13 Å². The van der Waals surface area contributed by atoms with Crippen LogP contribution in [0.4, 0.5) is 5.13 Å². The number of benzene rings is 1. The predicted octanol–water partition coefficient (Wildman–Crippen LogP) is 3.36. The summed E-state index contributed by atoms with van der Waals surface area (Å²) >= 11 is 13.5. The van der Waals surface area contributed by atoms with Gasteiger partial charge in [-0.25, -0.2) is 4.98 Å². The molecule has 0 fully saturated rings. The number of nitrogens with zero attached hydrogens (tertiary/aromatic N) is 1. The molecule has 0 spiro atoms. The number of nitrogens with two attached hydrogens (primary N) is 1. The summed E-state index contributed by atoms with van der Waals surface area (Å²) in [7, 11) is 0. The second-order valence-corrected chi connectivity index (χ2v) is 5.20. The molecule has 0 atom stereocenters. The van der Waals surface area contributed by atoms with Crippen LogP contribution in [-0.2, 0) is 0 Å². The number of nitrogens with one attached hydrogen (secondary N) is 1. The lowest BCUT2D eigenvalue weighted by atomic mass is 10.3. The molecule has 0 aliphatic rings. The van der Waals surface area contributed by atoms with E-state index >= 15 is 0 Å². The van der Waals surface area contributed by atoms with Crippen LogP contribution in [0.5, 0.6) is 0 Å². The molecule has 3 N–H and O–H groups in total. The van der Waals surface area contributed by atoms with Gasteiger partial charge in [0.05, 0.1) is 9.72 Å². The molecule has 2 aromatic rings. The number of fused-ring (bicyclic) bond motifs is 1. The fourth-order valence-corrected chi connectivity index (χ4v) is 2.94. The van der Waals surface area contributed by atoms with Crippen molar-refractivity contribution < 1.29 is 0 Å². The van der Waals surface area contributed by atoms with Crippen LogP contribution in [-0.4, -0.2) is 18.1 Å². The molecule has 0 saturated carbocycles. The van der Waals surface area contributed by atoms with Crippen LogP contribution < -0.4 is 11.1 Å². The molecule has 86 valence electrons. The Morgan fingerprint density at radius 2 is 2.19 bits per heavy atom. The highest BCUT2D eigenvalue weighted by atomic mass is 35.5. The summed E-state index contributed by atoms with van der Waals surface area (Å²) in [5, 5.41) is 5.28. The summed E-state index contributed by atoms with van der Waals surface area (Å²) in [5.41, 5.74) is 6.21. The third kappa shape index (κ3) is 2.58. The molecule has 0 unspecified atom stereocenters. The minimum absolute atomic E-state index is 0.589. The zero-order valence-corrected chi connectivity index (χ0v) is 10.8. The van der Waals surface area contributed by atoms with Crippen LogP contribution in [0, 0.1) is 0 Å². The Hall–Kier alpha value is -0.550. The molecule has 6 heteroatoms. The van der Waals surface area contributed by atoms with E-state index in [0.717, 1.165) is 28.3 Å². The third-order valence-corrected chi connectivity index (χ3v) is 3.54. The standard InChI is InChI=1S/C10H11Cl2N3S/c11-6-4-7(12)9-8(5-6)16-10(15-9)14-3-1-2-13/h4-5H,1-3,13H2,(H,14,15). The van der Waals surface area contributed by atoms with Crippen molar-refractivity contribution in [2.75, 3.05) is 18.4 Å². The van der Waals surface area contributed by atoms with Crippen molar-refractivity contribution in [3.63, 3.8) is 0 Å². The first-order chi connectivity index (χ1) is 7.70. The maximum atomic E-state index is 6.05. The maximum Gasteiger partial charge on any atom is 0.183 e. The van der Waals surface area contributed by atoms with E-state index in [2.05, 4.69) is 10.3 Å². The molecule has 0 amide bonds. The van der Waals surface area contributed by atoms with Gasteiger partial charge >= 0.3 is 0 Å². The van der Waals surface area contributed by atoms with Crippen molar-refractivity contribution in [2.24, 2.45) is 5.73 Å². The van der Waals surface area contributed by atoms with E-state index in [0.29, 0.717) is 16.6 Å². The number of anilines is 1. The first kappa shape index (κ1) is 11.9. The van der Waals surface area contributed by atoms with Gasteiger partial charge in [-0.05, 0) is 25.1 Å². The van der Waals surface area contributed by atoms with Crippen molar-refractivity contribution in [2.45, 2.75) is 6.42 Å². The topological polar surface area (TPSA) is 50.9 Å². The molecule has 1 aromatic heterocycles. The lowest BCUT2D eigenvalue weighted by molar-refractivity contribution is 0.873. The number of rotatable bonds is 4. The lowest BCUT2D eigenvalue weighted by Gasteiger charge is -1.98. The fraction of sp³-hybridized carbons (Fsp3) is 0.300. The van der Waals surface area contributed by atoms with Crippen molar-refractivity contribution in [1.82, 2.24) is 4.98 Å². The Bertz CT molecular complexity index is 498. The average Bonchev–Trinajstić information content (AvgIpc) is 2.61. The molecule has 0 bridgehead atoms. The van der Waals surface area contributed by atoms with Crippen LogP contribution in [0.3, 0.4) is 0 Å². The van der Waals surface area contributed by atoms with Crippen molar-refractivity contribution in [1.29, 1.82) is 0 Å². The second kappa shape index (κ2) is 5.19. The smallest absolute Gasteiger partial charge is 0.183 e. The van der Waals surface area contributed by atoms with E-state index in [1.165, 1.54) is 0 Å². The Morgan fingerprint density at radius 1 is 1.38 bits per heavy atom. The van der Waals surface area contributed by atoms with Gasteiger partial charge in [-0.3, -0.25) is 0 Å². The molecule has 16 heavy (non-hydrogen) atoms. The first-order valence-electron chi connectivity index (χ1n) is 4.90. The highest BCUT2D eigenvalue weighted by molar-refractivity contribution is 7.22. The Labute approximate surface area is 108 Å². The van der Waals surface area contributed by atoms with E-state index in [1.54, 1.807) is 17.4 Å². The SMILES string of the molecule is NCCCNc1nc2c(Cl)cc(Cl)cc2s1. The monoisotopic (exact) mass is 275 g/mol. The summed E-state index contributed by atoms with van der Waals surface area (Å²) in [6.07, 6.45) is 0.921. The Balaban J connectivity index is 2.26. The van der Waals surface area contributed by atoms with Crippen molar-refractivity contribution >= 4 is 49.9 Å². The van der Waals surface area contributed by atoms with Gasteiger partial charge < -0.3 is 11.1 Å². The molecular weight excluding hydrogens is 265 g/mol. The molecular formula is C10H11Cl2N3S. The molecule has 0 radical (unpaired) electrons. The molecule has 3 nitrogen and oxygen atoms in total. The predicted molar refractivity (Wildman–Crippen MR) is 71.8 cm³/mol. The summed E-state index contributed by atoms with van der Waals surface area (Å²) in [6.45, 7) is 1.49. The zero-order chi connectivity index (χ0) is 11.5. The van der Waals surface area contributed by atoms with Gasteiger partial charge in [0, 0.05) is 11.6 Å². The quantitative estimate of drug-likeness (QED) is 0.842. The van der Waals surface area contributed by atoms with Gasteiger partial charge in [0.2, 0.25) is 0 Å². The molecule has 0 saturated heterocycles. The highest BCUT2D eigenvalue weighted by Gasteiger charge is 2.08. The van der Waals surface area contributed by atoms with Gasteiger partial charge in [0.1, 0.15) is 5.52 Å². The second-order valence-electron chi connectivity index (χ2n) is 3.32. The normalized spacial score (nSPS) is 10.9. The van der Waals surface area contributed by atoms with E-state index in [9.17, 15) is 0 Å². The average molecular weight is 276 g/mol. The number of halogens is 2. The van der Waals surface area contributed by atoms with Gasteiger partial charge in [-0.1, -0.05) is 34.5 Å². The van der Waals surface area contributed by atoms with Crippen molar-refractivity contribution in [3.8, 4) is 0 Å². The third-order valence-electron chi connectivity index (χ3n) is 2.07. The zero-order valence-electron chi connectivity index (χ0n) is 8.46. The Kier molecular flexibility index (Phi) is 3.86. The lowest BCUT2D eigenvalue weighted by Crippen LogP contribution is -2.07. The van der Waals surface area contributed by atoms with Crippen LogP contribution in [0.25, 0.3) is 10.2 Å². The van der Waals surface area contributed by atoms with Gasteiger partial charge in [-0.2, -0.15) is 0 Å². The van der Waals surface area contributed by atoms with Gasteiger partial charge in [0.25, 0.3) is 0 Å². The van der Waals surface area contributed by atoms with Crippen LogP contribution in [0.2, 0.25) is 10.0 Å². The molecule has 1 aromatic carbocycles. The fourth-order valence-electron chi connectivity index (χ4n) is 1.33. The summed E-state index contributed by atoms with van der Waals surface area (Å²) in [4.78, 5) is 4.40. The van der Waals surface area contributed by atoms with Crippen LogP contribution in [0.1, 0.15) is 6.42 Å². The van der Waals surface area contributed by atoms with E-state index in [4.69, 9.17) is 28.9 Å².